The van der Waals surface area contributed by atoms with Gasteiger partial charge in [-0.3, -0.25) is 4.79 Å². The number of hydrogen-bond donors (Lipinski definition) is 1. The van der Waals surface area contributed by atoms with Gasteiger partial charge in [-0.25, -0.2) is 9.59 Å². The predicted molar refractivity (Wildman–Crippen MR) is 114 cm³/mol. The van der Waals surface area contributed by atoms with Crippen LogP contribution in [0.2, 0.25) is 0 Å². The summed E-state index contributed by atoms with van der Waals surface area (Å²) in [5.41, 5.74) is 0.816. The van der Waals surface area contributed by atoms with Crippen LogP contribution in [0.15, 0.2) is 42.5 Å². The van der Waals surface area contributed by atoms with E-state index in [0.717, 1.165) is 22.1 Å². The largest absolute Gasteiger partial charge is 0.497 e. The van der Waals surface area contributed by atoms with Crippen LogP contribution in [0.5, 0.6) is 5.75 Å². The molecule has 0 aromatic heterocycles. The van der Waals surface area contributed by atoms with E-state index < -0.39 is 30.5 Å². The van der Waals surface area contributed by atoms with Crippen molar-refractivity contribution in [2.45, 2.75) is 26.3 Å². The van der Waals surface area contributed by atoms with E-state index >= 15 is 0 Å². The summed E-state index contributed by atoms with van der Waals surface area (Å²) in [6.07, 6.45) is 3.55. The molecular formula is C23H27NO6. The number of carbonyl (C=O) groups is 3. The molecule has 0 unspecified atom stereocenters. The fourth-order valence-corrected chi connectivity index (χ4v) is 2.83. The van der Waals surface area contributed by atoms with Crippen LogP contribution in [0.4, 0.5) is 0 Å². The molecule has 7 heteroatoms. The Morgan fingerprint density at radius 1 is 1.07 bits per heavy atom. The second-order valence-corrected chi connectivity index (χ2v) is 6.87. The molecule has 0 spiro atoms. The maximum atomic E-state index is 12.0. The molecule has 0 bridgehead atoms. The van der Waals surface area contributed by atoms with Gasteiger partial charge in [0.15, 0.2) is 6.61 Å². The van der Waals surface area contributed by atoms with E-state index in [2.05, 4.69) is 5.32 Å². The minimum atomic E-state index is -0.780. The Kier molecular flexibility index (Phi) is 8.41. The van der Waals surface area contributed by atoms with Gasteiger partial charge in [0.25, 0.3) is 5.91 Å². The van der Waals surface area contributed by atoms with E-state index in [-0.39, 0.29) is 5.92 Å². The molecule has 0 fully saturated rings. The van der Waals surface area contributed by atoms with Crippen molar-refractivity contribution in [2.24, 2.45) is 5.92 Å². The number of rotatable bonds is 9. The maximum absolute atomic E-state index is 12.0. The zero-order chi connectivity index (χ0) is 22.1. The molecule has 30 heavy (non-hydrogen) atoms. The predicted octanol–water partition coefficient (Wildman–Crippen LogP) is 3.11. The molecule has 0 saturated carbocycles. The molecule has 0 heterocycles. The van der Waals surface area contributed by atoms with Gasteiger partial charge >= 0.3 is 11.9 Å². The topological polar surface area (TPSA) is 90.9 Å². The molecule has 2 aromatic carbocycles. The first kappa shape index (κ1) is 22.9. The third-order valence-electron chi connectivity index (χ3n) is 4.81. The fourth-order valence-electron chi connectivity index (χ4n) is 2.83. The Bertz CT molecular complexity index is 936. The van der Waals surface area contributed by atoms with E-state index in [4.69, 9.17) is 14.2 Å². The SMILES string of the molecule is CC[C@H](C)[C@@H](NC(=O)COC(=O)/C=C/c1ccc2cc(OC)ccc2c1)C(=O)OC. The van der Waals surface area contributed by atoms with Crippen LogP contribution in [0.3, 0.4) is 0 Å². The lowest BCUT2D eigenvalue weighted by Crippen LogP contribution is -2.47. The van der Waals surface area contributed by atoms with Crippen LogP contribution in [-0.4, -0.2) is 44.7 Å². The summed E-state index contributed by atoms with van der Waals surface area (Å²) in [7, 11) is 2.88. The number of amides is 1. The highest BCUT2D eigenvalue weighted by Crippen LogP contribution is 2.22. The van der Waals surface area contributed by atoms with E-state index in [1.54, 1.807) is 13.2 Å². The van der Waals surface area contributed by atoms with Crippen molar-refractivity contribution in [3.63, 3.8) is 0 Å². The Morgan fingerprint density at radius 2 is 1.77 bits per heavy atom. The van der Waals surface area contributed by atoms with Gasteiger partial charge < -0.3 is 19.5 Å². The number of carbonyl (C=O) groups excluding carboxylic acids is 3. The minimum Gasteiger partial charge on any atom is -0.497 e. The second kappa shape index (κ2) is 11.0. The number of fused-ring (bicyclic) bond motifs is 1. The van der Waals surface area contributed by atoms with Crippen molar-refractivity contribution in [3.8, 4) is 5.75 Å². The van der Waals surface area contributed by atoms with E-state index in [1.807, 2.05) is 50.2 Å². The molecule has 0 radical (unpaired) electrons. The van der Waals surface area contributed by atoms with Crippen molar-refractivity contribution >= 4 is 34.7 Å². The number of esters is 2. The van der Waals surface area contributed by atoms with Crippen LogP contribution >= 0.6 is 0 Å². The number of ether oxygens (including phenoxy) is 3. The number of hydrogen-bond acceptors (Lipinski definition) is 6. The highest BCUT2D eigenvalue weighted by atomic mass is 16.5. The van der Waals surface area contributed by atoms with Crippen LogP contribution in [0.25, 0.3) is 16.8 Å². The van der Waals surface area contributed by atoms with Gasteiger partial charge in [0, 0.05) is 6.08 Å². The zero-order valence-electron chi connectivity index (χ0n) is 17.6. The first-order chi connectivity index (χ1) is 14.4. The average molecular weight is 413 g/mol. The van der Waals surface area contributed by atoms with Crippen molar-refractivity contribution in [2.75, 3.05) is 20.8 Å². The Labute approximate surface area is 176 Å². The summed E-state index contributed by atoms with van der Waals surface area (Å²) >= 11 is 0. The monoisotopic (exact) mass is 413 g/mol. The molecule has 0 aliphatic rings. The third-order valence-corrected chi connectivity index (χ3v) is 4.81. The molecule has 2 aromatic rings. The normalized spacial score (nSPS) is 12.9. The van der Waals surface area contributed by atoms with Gasteiger partial charge in [-0.2, -0.15) is 0 Å². The summed E-state index contributed by atoms with van der Waals surface area (Å²) in [6, 6.07) is 10.7. The van der Waals surface area contributed by atoms with Crippen molar-refractivity contribution < 1.29 is 28.6 Å². The zero-order valence-corrected chi connectivity index (χ0v) is 17.6. The summed E-state index contributed by atoms with van der Waals surface area (Å²) < 4.78 is 14.9. The molecule has 2 atom stereocenters. The Balaban J connectivity index is 1.91. The second-order valence-electron chi connectivity index (χ2n) is 6.87. The standard InChI is InChI=1S/C23H27NO6/c1-5-15(2)22(23(27)29-4)24-20(25)14-30-21(26)11-7-16-6-8-18-13-19(28-3)10-9-17(18)12-16/h6-13,15,22H,5,14H2,1-4H3,(H,24,25)/b11-7+/t15-,22+/m0/s1. The Morgan fingerprint density at radius 3 is 2.43 bits per heavy atom. The van der Waals surface area contributed by atoms with E-state index in [1.165, 1.54) is 13.2 Å². The van der Waals surface area contributed by atoms with Crippen LogP contribution in [-0.2, 0) is 23.9 Å². The quantitative estimate of drug-likeness (QED) is 0.502. The average Bonchev–Trinajstić information content (AvgIpc) is 2.78. The van der Waals surface area contributed by atoms with Gasteiger partial charge in [-0.05, 0) is 46.5 Å². The fraction of sp³-hybridized carbons (Fsp3) is 0.348. The summed E-state index contributed by atoms with van der Waals surface area (Å²) in [5, 5.41) is 4.58. The molecule has 0 aliphatic heterocycles. The van der Waals surface area contributed by atoms with Gasteiger partial charge in [0.2, 0.25) is 0 Å². The first-order valence-electron chi connectivity index (χ1n) is 9.67. The smallest absolute Gasteiger partial charge is 0.331 e. The number of nitrogens with one attached hydrogen (secondary N) is 1. The van der Waals surface area contributed by atoms with Crippen LogP contribution < -0.4 is 10.1 Å². The molecule has 7 nitrogen and oxygen atoms in total. The van der Waals surface area contributed by atoms with E-state index in [0.29, 0.717) is 6.42 Å². The molecule has 0 aliphatic carbocycles. The maximum Gasteiger partial charge on any atom is 0.331 e. The lowest BCUT2D eigenvalue weighted by atomic mass is 9.99. The third kappa shape index (κ3) is 6.34. The molecule has 0 saturated heterocycles. The molecule has 160 valence electrons. The summed E-state index contributed by atoms with van der Waals surface area (Å²) in [4.78, 5) is 35.8. The van der Waals surface area contributed by atoms with Gasteiger partial charge in [-0.15, -0.1) is 0 Å². The van der Waals surface area contributed by atoms with Gasteiger partial charge in [0.1, 0.15) is 11.8 Å². The number of methoxy groups -OCH3 is 2. The summed E-state index contributed by atoms with van der Waals surface area (Å²) in [6.45, 7) is 3.25. The molecule has 1 N–H and O–H groups in total. The minimum absolute atomic E-state index is 0.107. The van der Waals surface area contributed by atoms with Gasteiger partial charge in [0.05, 0.1) is 14.2 Å². The molecule has 1 amide bonds. The number of benzene rings is 2. The summed E-state index contributed by atoms with van der Waals surface area (Å²) in [5.74, 6) is -1.08. The highest BCUT2D eigenvalue weighted by Gasteiger charge is 2.26. The highest BCUT2D eigenvalue weighted by molar-refractivity contribution is 5.92. The van der Waals surface area contributed by atoms with Gasteiger partial charge in [-0.1, -0.05) is 38.5 Å². The van der Waals surface area contributed by atoms with Crippen molar-refractivity contribution in [1.29, 1.82) is 0 Å². The Hall–Kier alpha value is -3.35. The van der Waals surface area contributed by atoms with Crippen molar-refractivity contribution in [1.82, 2.24) is 5.32 Å². The van der Waals surface area contributed by atoms with Crippen molar-refractivity contribution in [3.05, 3.63) is 48.0 Å². The van der Waals surface area contributed by atoms with Crippen LogP contribution in [0.1, 0.15) is 25.8 Å². The molecule has 2 rings (SSSR count). The van der Waals surface area contributed by atoms with E-state index in [9.17, 15) is 14.4 Å². The van der Waals surface area contributed by atoms with Crippen LogP contribution in [0, 0.1) is 5.92 Å². The first-order valence-corrected chi connectivity index (χ1v) is 9.67. The molecular weight excluding hydrogens is 386 g/mol. The lowest BCUT2D eigenvalue weighted by molar-refractivity contribution is -0.148. The lowest BCUT2D eigenvalue weighted by Gasteiger charge is -2.21.